The van der Waals surface area contributed by atoms with Crippen LogP contribution in [0.4, 0.5) is 25.4 Å². The zero-order chi connectivity index (χ0) is 15.9. The van der Waals surface area contributed by atoms with Crippen LogP contribution in [0.2, 0.25) is 0 Å². The standard InChI is InChI=1S/C15H13FN2O4/c1-21-14(19)17-11-3-2-4-12(9-11)18-15(20)22-13-7-5-10(16)6-8-13/h2-9H,1H3,(H,17,19)(H,18,20). The molecule has 114 valence electrons. The Morgan fingerprint density at radius 2 is 1.55 bits per heavy atom. The summed E-state index contributed by atoms with van der Waals surface area (Å²) in [5.74, 6) is -0.211. The Labute approximate surface area is 125 Å². The molecular weight excluding hydrogens is 291 g/mol. The fraction of sp³-hybridized carbons (Fsp3) is 0.0667. The Morgan fingerprint density at radius 1 is 0.955 bits per heavy atom. The molecule has 0 atom stereocenters. The van der Waals surface area contributed by atoms with Gasteiger partial charge < -0.3 is 9.47 Å². The maximum absolute atomic E-state index is 12.7. The molecule has 0 saturated carbocycles. The van der Waals surface area contributed by atoms with Gasteiger partial charge in [0.1, 0.15) is 11.6 Å². The van der Waals surface area contributed by atoms with E-state index in [0.717, 1.165) is 0 Å². The highest BCUT2D eigenvalue weighted by Gasteiger charge is 2.07. The number of halogens is 1. The van der Waals surface area contributed by atoms with E-state index in [1.54, 1.807) is 18.2 Å². The fourth-order valence-electron chi connectivity index (χ4n) is 1.60. The van der Waals surface area contributed by atoms with Crippen LogP contribution in [0.5, 0.6) is 5.75 Å². The van der Waals surface area contributed by atoms with Crippen molar-refractivity contribution in [1.82, 2.24) is 0 Å². The highest BCUT2D eigenvalue weighted by molar-refractivity contribution is 5.89. The van der Waals surface area contributed by atoms with Crippen LogP contribution in [0.15, 0.2) is 48.5 Å². The van der Waals surface area contributed by atoms with Crippen molar-refractivity contribution in [3.8, 4) is 5.75 Å². The third-order valence-electron chi connectivity index (χ3n) is 2.56. The second-order valence-electron chi connectivity index (χ2n) is 4.17. The summed E-state index contributed by atoms with van der Waals surface area (Å²) in [7, 11) is 1.25. The topological polar surface area (TPSA) is 76.7 Å². The van der Waals surface area contributed by atoms with Gasteiger partial charge in [0.15, 0.2) is 0 Å². The summed E-state index contributed by atoms with van der Waals surface area (Å²) in [6, 6.07) is 11.5. The number of carbonyl (C=O) groups excluding carboxylic acids is 2. The van der Waals surface area contributed by atoms with Gasteiger partial charge in [-0.25, -0.2) is 14.0 Å². The summed E-state index contributed by atoms with van der Waals surface area (Å²) in [5, 5.41) is 4.96. The number of benzene rings is 2. The SMILES string of the molecule is COC(=O)Nc1cccc(NC(=O)Oc2ccc(F)cc2)c1. The van der Waals surface area contributed by atoms with Crippen LogP contribution in [0.25, 0.3) is 0 Å². The lowest BCUT2D eigenvalue weighted by molar-refractivity contribution is 0.187. The number of carbonyl (C=O) groups is 2. The average Bonchev–Trinajstić information content (AvgIpc) is 2.49. The molecule has 0 fully saturated rings. The Kier molecular flexibility index (Phi) is 4.92. The molecule has 2 aromatic rings. The van der Waals surface area contributed by atoms with Crippen molar-refractivity contribution in [1.29, 1.82) is 0 Å². The van der Waals surface area contributed by atoms with E-state index in [1.807, 2.05) is 0 Å². The zero-order valence-electron chi connectivity index (χ0n) is 11.6. The monoisotopic (exact) mass is 304 g/mol. The molecule has 0 aliphatic carbocycles. The van der Waals surface area contributed by atoms with Gasteiger partial charge in [-0.1, -0.05) is 6.07 Å². The lowest BCUT2D eigenvalue weighted by atomic mass is 10.3. The van der Waals surface area contributed by atoms with Crippen molar-refractivity contribution in [2.75, 3.05) is 17.7 Å². The van der Waals surface area contributed by atoms with E-state index in [0.29, 0.717) is 11.4 Å². The van der Waals surface area contributed by atoms with E-state index in [2.05, 4.69) is 15.4 Å². The third kappa shape index (κ3) is 4.48. The number of hydrogen-bond acceptors (Lipinski definition) is 4. The minimum Gasteiger partial charge on any atom is -0.453 e. The van der Waals surface area contributed by atoms with Crippen LogP contribution in [0.3, 0.4) is 0 Å². The lowest BCUT2D eigenvalue weighted by Gasteiger charge is -2.08. The number of amides is 2. The second-order valence-corrected chi connectivity index (χ2v) is 4.17. The maximum Gasteiger partial charge on any atom is 0.417 e. The van der Waals surface area contributed by atoms with Crippen molar-refractivity contribution in [2.45, 2.75) is 0 Å². The molecule has 2 rings (SSSR count). The fourth-order valence-corrected chi connectivity index (χ4v) is 1.60. The Morgan fingerprint density at radius 3 is 2.14 bits per heavy atom. The number of nitrogens with one attached hydrogen (secondary N) is 2. The first-order valence-corrected chi connectivity index (χ1v) is 6.26. The Hall–Kier alpha value is -3.09. The molecule has 0 spiro atoms. The molecule has 0 saturated heterocycles. The number of rotatable bonds is 3. The number of anilines is 2. The molecule has 0 unspecified atom stereocenters. The number of hydrogen-bond donors (Lipinski definition) is 2. The first-order valence-electron chi connectivity index (χ1n) is 6.26. The summed E-state index contributed by atoms with van der Waals surface area (Å²) in [6.45, 7) is 0. The van der Waals surface area contributed by atoms with Gasteiger partial charge in [0.05, 0.1) is 7.11 Å². The van der Waals surface area contributed by atoms with Crippen LogP contribution >= 0.6 is 0 Å². The van der Waals surface area contributed by atoms with E-state index < -0.39 is 18.0 Å². The smallest absolute Gasteiger partial charge is 0.417 e. The molecule has 2 aromatic carbocycles. The number of methoxy groups -OCH3 is 1. The summed E-state index contributed by atoms with van der Waals surface area (Å²) in [6.07, 6.45) is -1.35. The Bertz CT molecular complexity index is 673. The van der Waals surface area contributed by atoms with E-state index in [4.69, 9.17) is 4.74 Å². The summed E-state index contributed by atoms with van der Waals surface area (Å²) in [5.41, 5.74) is 0.868. The van der Waals surface area contributed by atoms with Crippen molar-refractivity contribution >= 4 is 23.6 Å². The van der Waals surface area contributed by atoms with Gasteiger partial charge in [-0.3, -0.25) is 10.6 Å². The normalized spacial score (nSPS) is 9.73. The van der Waals surface area contributed by atoms with E-state index in [-0.39, 0.29) is 5.75 Å². The van der Waals surface area contributed by atoms with Crippen molar-refractivity contribution in [2.24, 2.45) is 0 Å². The molecule has 0 radical (unpaired) electrons. The van der Waals surface area contributed by atoms with Crippen LogP contribution in [0.1, 0.15) is 0 Å². The molecule has 22 heavy (non-hydrogen) atoms. The van der Waals surface area contributed by atoms with Gasteiger partial charge in [0.2, 0.25) is 0 Å². The van der Waals surface area contributed by atoms with Crippen molar-refractivity contribution in [3.63, 3.8) is 0 Å². The van der Waals surface area contributed by atoms with Crippen LogP contribution < -0.4 is 15.4 Å². The van der Waals surface area contributed by atoms with E-state index >= 15 is 0 Å². The molecule has 2 N–H and O–H groups in total. The quantitative estimate of drug-likeness (QED) is 0.908. The van der Waals surface area contributed by atoms with Crippen LogP contribution in [0, 0.1) is 5.82 Å². The minimum atomic E-state index is -0.734. The van der Waals surface area contributed by atoms with Gasteiger partial charge in [-0.15, -0.1) is 0 Å². The second kappa shape index (κ2) is 7.07. The zero-order valence-corrected chi connectivity index (χ0v) is 11.6. The molecule has 2 amide bonds. The lowest BCUT2D eigenvalue weighted by Crippen LogP contribution is -2.17. The van der Waals surface area contributed by atoms with E-state index in [9.17, 15) is 14.0 Å². The Balaban J connectivity index is 1.97. The van der Waals surface area contributed by atoms with Crippen LogP contribution in [-0.4, -0.2) is 19.3 Å². The first kappa shape index (κ1) is 15.3. The van der Waals surface area contributed by atoms with Crippen molar-refractivity contribution < 1.29 is 23.5 Å². The van der Waals surface area contributed by atoms with Gasteiger partial charge in [-0.2, -0.15) is 0 Å². The predicted molar refractivity (Wildman–Crippen MR) is 78.5 cm³/mol. The summed E-state index contributed by atoms with van der Waals surface area (Å²) in [4.78, 5) is 22.8. The molecule has 0 aromatic heterocycles. The molecular formula is C15H13FN2O4. The van der Waals surface area contributed by atoms with Gasteiger partial charge in [0, 0.05) is 11.4 Å². The molecule has 0 heterocycles. The maximum atomic E-state index is 12.7. The molecule has 0 aliphatic rings. The minimum absolute atomic E-state index is 0.211. The van der Waals surface area contributed by atoms with Gasteiger partial charge >= 0.3 is 12.2 Å². The highest BCUT2D eigenvalue weighted by Crippen LogP contribution is 2.17. The molecule has 0 bridgehead atoms. The first-order chi connectivity index (χ1) is 10.6. The average molecular weight is 304 g/mol. The highest BCUT2D eigenvalue weighted by atomic mass is 19.1. The van der Waals surface area contributed by atoms with Crippen LogP contribution in [-0.2, 0) is 4.74 Å². The molecule has 7 heteroatoms. The number of ether oxygens (including phenoxy) is 2. The summed E-state index contributed by atoms with van der Waals surface area (Å²) >= 11 is 0. The van der Waals surface area contributed by atoms with Gasteiger partial charge in [-0.05, 0) is 42.5 Å². The van der Waals surface area contributed by atoms with Gasteiger partial charge in [0.25, 0.3) is 0 Å². The summed E-state index contributed by atoms with van der Waals surface area (Å²) < 4.78 is 22.2. The largest absolute Gasteiger partial charge is 0.453 e. The third-order valence-corrected chi connectivity index (χ3v) is 2.56. The predicted octanol–water partition coefficient (Wildman–Crippen LogP) is 3.61. The molecule has 6 nitrogen and oxygen atoms in total. The molecule has 0 aliphatic heterocycles. The van der Waals surface area contributed by atoms with Crippen molar-refractivity contribution in [3.05, 3.63) is 54.3 Å². The van der Waals surface area contributed by atoms with E-state index in [1.165, 1.54) is 37.4 Å².